The van der Waals surface area contributed by atoms with Crippen molar-refractivity contribution in [2.75, 3.05) is 6.54 Å². The van der Waals surface area contributed by atoms with Gasteiger partial charge < -0.3 is 38.3 Å². The Morgan fingerprint density at radius 3 is 2.06 bits per heavy atom. The normalized spacial score (nSPS) is 14.1. The highest BCUT2D eigenvalue weighted by molar-refractivity contribution is 5.94. The van der Waals surface area contributed by atoms with Crippen molar-refractivity contribution in [3.8, 4) is 0 Å². The summed E-state index contributed by atoms with van der Waals surface area (Å²) in [6.07, 6.45) is 1.46. The summed E-state index contributed by atoms with van der Waals surface area (Å²) in [6, 6.07) is 4.41. The van der Waals surface area contributed by atoms with E-state index in [-0.39, 0.29) is 19.3 Å². The van der Waals surface area contributed by atoms with Gasteiger partial charge in [-0.2, -0.15) is 0 Å². The van der Waals surface area contributed by atoms with Gasteiger partial charge in [-0.3, -0.25) is 24.0 Å². The van der Waals surface area contributed by atoms with Gasteiger partial charge in [-0.15, -0.1) is 0 Å². The number of unbranched alkanes of at least 4 members (excludes halogenated alkanes) is 1. The molecule has 12 heteroatoms. The van der Waals surface area contributed by atoms with Crippen LogP contribution in [0.5, 0.6) is 0 Å². The van der Waals surface area contributed by atoms with Gasteiger partial charge >= 0.3 is 5.97 Å². The molecule has 0 bridgehead atoms. The van der Waals surface area contributed by atoms with Crippen molar-refractivity contribution in [3.63, 3.8) is 0 Å². The standard InChI is InChI=1S/C23H36N6O6/c1-14(23(34)35)27-22(33)18(13-15-7-3-2-4-8-15)29-21(32)17(10-11-19(26)30)28-20(31)16(25)9-5-6-12-24/h2-4,7-8,14,16-18H,5-6,9-13,24-25H2,1H3,(H2,26,30)(H,27,33)(H,28,31)(H,29,32)(H,34,35). The second-order valence-corrected chi connectivity index (χ2v) is 8.28. The van der Waals surface area contributed by atoms with Gasteiger partial charge in [0.05, 0.1) is 6.04 Å². The van der Waals surface area contributed by atoms with Crippen LogP contribution in [0.3, 0.4) is 0 Å². The first-order valence-corrected chi connectivity index (χ1v) is 11.5. The molecule has 0 heterocycles. The van der Waals surface area contributed by atoms with Crippen LogP contribution in [-0.2, 0) is 30.4 Å². The predicted molar refractivity (Wildman–Crippen MR) is 129 cm³/mol. The third-order valence-corrected chi connectivity index (χ3v) is 5.26. The molecule has 0 fully saturated rings. The second kappa shape index (κ2) is 15.4. The van der Waals surface area contributed by atoms with Gasteiger partial charge in [-0.05, 0) is 38.3 Å². The topological polar surface area (TPSA) is 220 Å². The highest BCUT2D eigenvalue weighted by atomic mass is 16.4. The molecule has 0 aliphatic carbocycles. The van der Waals surface area contributed by atoms with Gasteiger partial charge in [0.2, 0.25) is 23.6 Å². The molecule has 0 radical (unpaired) electrons. The third-order valence-electron chi connectivity index (χ3n) is 5.26. The average Bonchev–Trinajstić information content (AvgIpc) is 2.81. The fraction of sp³-hybridized carbons (Fsp3) is 0.522. The Labute approximate surface area is 204 Å². The van der Waals surface area contributed by atoms with Gasteiger partial charge in [-0.1, -0.05) is 36.8 Å². The fourth-order valence-corrected chi connectivity index (χ4v) is 3.18. The summed E-state index contributed by atoms with van der Waals surface area (Å²) < 4.78 is 0. The summed E-state index contributed by atoms with van der Waals surface area (Å²) in [5.74, 6) is -3.94. The van der Waals surface area contributed by atoms with E-state index < -0.39 is 53.8 Å². The van der Waals surface area contributed by atoms with Crippen molar-refractivity contribution in [2.45, 2.75) is 69.6 Å². The molecule has 1 rings (SSSR count). The Kier molecular flexibility index (Phi) is 13.0. The number of carbonyl (C=O) groups is 5. The molecule has 1 aromatic rings. The Hall–Kier alpha value is -3.51. The number of aliphatic carboxylic acids is 1. The van der Waals surface area contributed by atoms with Gasteiger partial charge in [0.15, 0.2) is 0 Å². The Morgan fingerprint density at radius 2 is 1.49 bits per heavy atom. The molecule has 0 aromatic heterocycles. The van der Waals surface area contributed by atoms with E-state index in [1.54, 1.807) is 30.3 Å². The van der Waals surface area contributed by atoms with E-state index >= 15 is 0 Å². The molecule has 4 atom stereocenters. The van der Waals surface area contributed by atoms with Crippen LogP contribution in [0, 0.1) is 0 Å². The number of rotatable bonds is 16. The minimum atomic E-state index is -1.24. The monoisotopic (exact) mass is 492 g/mol. The second-order valence-electron chi connectivity index (χ2n) is 8.28. The minimum absolute atomic E-state index is 0.0693. The molecule has 0 spiro atoms. The quantitative estimate of drug-likeness (QED) is 0.134. The zero-order valence-corrected chi connectivity index (χ0v) is 19.9. The molecule has 0 saturated carbocycles. The Balaban J connectivity index is 3.01. The zero-order valence-electron chi connectivity index (χ0n) is 19.9. The van der Waals surface area contributed by atoms with Crippen LogP contribution in [0.15, 0.2) is 30.3 Å². The third kappa shape index (κ3) is 11.5. The molecule has 1 aromatic carbocycles. The van der Waals surface area contributed by atoms with Gasteiger partial charge in [0.1, 0.15) is 18.1 Å². The summed E-state index contributed by atoms with van der Waals surface area (Å²) in [5.41, 5.74) is 17.3. The van der Waals surface area contributed by atoms with E-state index in [9.17, 15) is 24.0 Å². The van der Waals surface area contributed by atoms with Crippen LogP contribution in [0.25, 0.3) is 0 Å². The lowest BCUT2D eigenvalue weighted by molar-refractivity contribution is -0.141. The first-order chi connectivity index (χ1) is 16.5. The van der Waals surface area contributed by atoms with E-state index in [0.29, 0.717) is 25.8 Å². The Morgan fingerprint density at radius 1 is 0.886 bits per heavy atom. The largest absolute Gasteiger partial charge is 0.480 e. The number of nitrogens with one attached hydrogen (secondary N) is 3. The van der Waals surface area contributed by atoms with Crippen LogP contribution < -0.4 is 33.2 Å². The number of hydrogen-bond acceptors (Lipinski definition) is 7. The molecule has 0 aliphatic heterocycles. The van der Waals surface area contributed by atoms with Crippen molar-refractivity contribution in [1.29, 1.82) is 0 Å². The number of hydrogen-bond donors (Lipinski definition) is 7. The molecule has 4 amide bonds. The maximum atomic E-state index is 13.1. The first kappa shape index (κ1) is 29.5. The van der Waals surface area contributed by atoms with Crippen LogP contribution in [-0.4, -0.2) is 65.4 Å². The van der Waals surface area contributed by atoms with E-state index in [1.165, 1.54) is 6.92 Å². The lowest BCUT2D eigenvalue weighted by Gasteiger charge is -2.25. The SMILES string of the molecule is CC(NC(=O)C(Cc1ccccc1)NC(=O)C(CCC(N)=O)NC(=O)C(N)CCCCN)C(=O)O. The van der Waals surface area contributed by atoms with Crippen LogP contribution in [0.4, 0.5) is 0 Å². The van der Waals surface area contributed by atoms with Gasteiger partial charge in [-0.25, -0.2) is 0 Å². The van der Waals surface area contributed by atoms with E-state index in [2.05, 4.69) is 16.0 Å². The summed E-state index contributed by atoms with van der Waals surface area (Å²) in [5, 5.41) is 16.5. The maximum Gasteiger partial charge on any atom is 0.325 e. The number of amides is 4. The molecule has 4 unspecified atom stereocenters. The zero-order chi connectivity index (χ0) is 26.4. The fourth-order valence-electron chi connectivity index (χ4n) is 3.18. The molecular weight excluding hydrogens is 456 g/mol. The van der Waals surface area contributed by atoms with Gasteiger partial charge in [0, 0.05) is 12.8 Å². The molecule has 194 valence electrons. The lowest BCUT2D eigenvalue weighted by atomic mass is 10.0. The van der Waals surface area contributed by atoms with Crippen LogP contribution >= 0.6 is 0 Å². The average molecular weight is 493 g/mol. The molecule has 0 aliphatic rings. The number of carbonyl (C=O) groups excluding carboxylic acids is 4. The van der Waals surface area contributed by atoms with Crippen molar-refractivity contribution in [3.05, 3.63) is 35.9 Å². The number of primary amides is 1. The van der Waals surface area contributed by atoms with Crippen molar-refractivity contribution in [2.24, 2.45) is 17.2 Å². The smallest absolute Gasteiger partial charge is 0.325 e. The van der Waals surface area contributed by atoms with Gasteiger partial charge in [0.25, 0.3) is 0 Å². The number of carboxylic acid groups (broad SMARTS) is 1. The summed E-state index contributed by atoms with van der Waals surface area (Å²) in [4.78, 5) is 60.8. The number of carboxylic acids is 1. The van der Waals surface area contributed by atoms with E-state index in [1.807, 2.05) is 0 Å². The Bertz CT molecular complexity index is 865. The van der Waals surface area contributed by atoms with E-state index in [0.717, 1.165) is 5.56 Å². The molecule has 10 N–H and O–H groups in total. The molecule has 12 nitrogen and oxygen atoms in total. The minimum Gasteiger partial charge on any atom is -0.480 e. The molecule has 35 heavy (non-hydrogen) atoms. The number of nitrogens with two attached hydrogens (primary N) is 3. The molecular formula is C23H36N6O6. The summed E-state index contributed by atoms with van der Waals surface area (Å²) in [6.45, 7) is 1.76. The van der Waals surface area contributed by atoms with Crippen LogP contribution in [0.1, 0.15) is 44.6 Å². The van der Waals surface area contributed by atoms with Crippen molar-refractivity contribution >= 4 is 29.6 Å². The molecule has 0 saturated heterocycles. The maximum absolute atomic E-state index is 13.1. The predicted octanol–water partition coefficient (Wildman–Crippen LogP) is -1.49. The van der Waals surface area contributed by atoms with E-state index in [4.69, 9.17) is 22.3 Å². The van der Waals surface area contributed by atoms with Crippen molar-refractivity contribution in [1.82, 2.24) is 16.0 Å². The highest BCUT2D eigenvalue weighted by Crippen LogP contribution is 2.07. The summed E-state index contributed by atoms with van der Waals surface area (Å²) in [7, 11) is 0. The summed E-state index contributed by atoms with van der Waals surface area (Å²) >= 11 is 0. The van der Waals surface area contributed by atoms with Crippen LogP contribution in [0.2, 0.25) is 0 Å². The van der Waals surface area contributed by atoms with Crippen molar-refractivity contribution < 1.29 is 29.1 Å². The number of benzene rings is 1. The lowest BCUT2D eigenvalue weighted by Crippen LogP contribution is -2.57. The first-order valence-electron chi connectivity index (χ1n) is 11.5. The highest BCUT2D eigenvalue weighted by Gasteiger charge is 2.29.